The van der Waals surface area contributed by atoms with E-state index in [2.05, 4.69) is 26.8 Å². The first kappa shape index (κ1) is 17.9. The quantitative estimate of drug-likeness (QED) is 0.869. The first-order valence-electron chi connectivity index (χ1n) is 9.56. The van der Waals surface area contributed by atoms with Gasteiger partial charge in [-0.05, 0) is 47.6 Å². The van der Waals surface area contributed by atoms with Crippen LogP contribution < -0.4 is 4.74 Å². The summed E-state index contributed by atoms with van der Waals surface area (Å²) in [5, 5.41) is 10.5. The lowest BCUT2D eigenvalue weighted by molar-refractivity contribution is -0.0267. The zero-order chi connectivity index (χ0) is 19.4. The van der Waals surface area contributed by atoms with Gasteiger partial charge in [0.15, 0.2) is 0 Å². The summed E-state index contributed by atoms with van der Waals surface area (Å²) in [5.41, 5.74) is 2.63. The number of methoxy groups -OCH3 is 1. The second kappa shape index (κ2) is 6.01. The van der Waals surface area contributed by atoms with E-state index >= 15 is 0 Å². The zero-order valence-electron chi connectivity index (χ0n) is 16.5. The van der Waals surface area contributed by atoms with Crippen molar-refractivity contribution in [1.82, 2.24) is 4.90 Å². The van der Waals surface area contributed by atoms with Crippen LogP contribution in [0.2, 0.25) is 0 Å². The molecule has 1 aliphatic heterocycles. The number of likely N-dealkylation sites (tertiary alicyclic amines) is 1. The molecular weight excluding hydrogens is 338 g/mol. The monoisotopic (exact) mass is 365 g/mol. The Morgan fingerprint density at radius 2 is 1.89 bits per heavy atom. The third-order valence-corrected chi connectivity index (χ3v) is 7.23. The number of phenolic OH excluding ortho intramolecular Hbond substituents is 1. The highest BCUT2D eigenvalue weighted by molar-refractivity contribution is 5.97. The number of hydrogen-bond acceptors (Lipinski definition) is 3. The van der Waals surface area contributed by atoms with Crippen molar-refractivity contribution in [2.45, 2.75) is 45.1 Å². The van der Waals surface area contributed by atoms with Gasteiger partial charge >= 0.3 is 0 Å². The van der Waals surface area contributed by atoms with E-state index in [1.807, 2.05) is 35.2 Å². The van der Waals surface area contributed by atoms with E-state index in [0.29, 0.717) is 30.0 Å². The number of rotatable bonds is 2. The minimum atomic E-state index is -0.107. The third kappa shape index (κ3) is 2.39. The summed E-state index contributed by atoms with van der Waals surface area (Å²) in [6, 6.07) is 13.3. The lowest BCUT2D eigenvalue weighted by atomic mass is 9.51. The molecule has 4 nitrogen and oxygen atoms in total. The van der Waals surface area contributed by atoms with Gasteiger partial charge in [0, 0.05) is 18.0 Å². The summed E-state index contributed by atoms with van der Waals surface area (Å²) in [6.07, 6.45) is 1.54. The number of carbonyl (C=O) groups excluding carboxylic acids is 1. The van der Waals surface area contributed by atoms with Gasteiger partial charge in [-0.1, -0.05) is 45.0 Å². The molecule has 1 amide bonds. The van der Waals surface area contributed by atoms with Gasteiger partial charge in [-0.3, -0.25) is 4.79 Å². The molecule has 1 fully saturated rings. The van der Waals surface area contributed by atoms with Crippen molar-refractivity contribution in [2.75, 3.05) is 13.7 Å². The molecule has 2 bridgehead atoms. The van der Waals surface area contributed by atoms with Crippen LogP contribution in [-0.2, 0) is 11.8 Å². The van der Waals surface area contributed by atoms with E-state index in [1.54, 1.807) is 13.2 Å². The summed E-state index contributed by atoms with van der Waals surface area (Å²) in [4.78, 5) is 15.4. The number of nitrogens with zero attached hydrogens (tertiary/aromatic N) is 1. The van der Waals surface area contributed by atoms with Gasteiger partial charge in [-0.2, -0.15) is 0 Å². The number of phenols is 1. The molecule has 27 heavy (non-hydrogen) atoms. The van der Waals surface area contributed by atoms with Gasteiger partial charge in [0.1, 0.15) is 11.5 Å². The summed E-state index contributed by atoms with van der Waals surface area (Å²) >= 11 is 0. The Hall–Kier alpha value is -2.49. The number of aromatic hydroxyl groups is 1. The largest absolute Gasteiger partial charge is 0.508 e. The standard InChI is InChI=1S/C23H27NO3/c1-22(2)20-14-16-17(9-7-10-18(16)25)23(22,3)12-13-24(20)21(26)15-8-5-6-11-19(15)27-4/h5-11,20,25H,12-14H2,1-4H3/t20-,23+/m1/s1. The SMILES string of the molecule is COc1ccccc1C(=O)N1CC[C@@]2(C)c3cccc(O)c3C[C@@H]1C2(C)C. The topological polar surface area (TPSA) is 49.8 Å². The molecule has 1 saturated heterocycles. The van der Waals surface area contributed by atoms with Crippen LogP contribution in [0.5, 0.6) is 11.5 Å². The van der Waals surface area contributed by atoms with Crippen LogP contribution in [0.3, 0.4) is 0 Å². The molecule has 4 rings (SSSR count). The van der Waals surface area contributed by atoms with Crippen LogP contribution in [-0.4, -0.2) is 35.6 Å². The number of para-hydroxylation sites is 1. The number of ether oxygens (including phenoxy) is 1. The van der Waals surface area contributed by atoms with Gasteiger partial charge in [-0.25, -0.2) is 0 Å². The van der Waals surface area contributed by atoms with Crippen LogP contribution in [0.15, 0.2) is 42.5 Å². The second-order valence-corrected chi connectivity index (χ2v) is 8.53. The summed E-state index contributed by atoms with van der Waals surface area (Å²) in [5.74, 6) is 0.949. The molecule has 0 spiro atoms. The van der Waals surface area contributed by atoms with E-state index < -0.39 is 0 Å². The van der Waals surface area contributed by atoms with Crippen LogP contribution in [0.1, 0.15) is 48.7 Å². The molecule has 0 saturated carbocycles. The summed E-state index contributed by atoms with van der Waals surface area (Å²) in [6.45, 7) is 7.50. The van der Waals surface area contributed by atoms with Gasteiger partial charge in [0.05, 0.1) is 12.7 Å². The van der Waals surface area contributed by atoms with Crippen molar-refractivity contribution in [2.24, 2.45) is 5.41 Å². The lowest BCUT2D eigenvalue weighted by Crippen LogP contribution is -2.64. The predicted octanol–water partition coefficient (Wildman–Crippen LogP) is 4.16. The maximum absolute atomic E-state index is 13.5. The fourth-order valence-corrected chi connectivity index (χ4v) is 5.15. The summed E-state index contributed by atoms with van der Waals surface area (Å²) in [7, 11) is 1.60. The second-order valence-electron chi connectivity index (χ2n) is 8.53. The normalized spacial score (nSPS) is 25.6. The average Bonchev–Trinajstić information content (AvgIpc) is 2.65. The molecule has 0 unspecified atom stereocenters. The Kier molecular flexibility index (Phi) is 3.99. The van der Waals surface area contributed by atoms with E-state index in [1.165, 1.54) is 5.56 Å². The third-order valence-electron chi connectivity index (χ3n) is 7.23. The smallest absolute Gasteiger partial charge is 0.257 e. The van der Waals surface area contributed by atoms with E-state index in [4.69, 9.17) is 4.74 Å². The van der Waals surface area contributed by atoms with Crippen molar-refractivity contribution in [3.63, 3.8) is 0 Å². The van der Waals surface area contributed by atoms with E-state index in [-0.39, 0.29) is 22.8 Å². The van der Waals surface area contributed by atoms with Crippen LogP contribution in [0, 0.1) is 5.41 Å². The molecule has 0 radical (unpaired) electrons. The molecule has 1 aliphatic carbocycles. The van der Waals surface area contributed by atoms with Crippen molar-refractivity contribution in [3.05, 3.63) is 59.2 Å². The Morgan fingerprint density at radius 3 is 2.63 bits per heavy atom. The zero-order valence-corrected chi connectivity index (χ0v) is 16.5. The van der Waals surface area contributed by atoms with Crippen molar-refractivity contribution < 1.29 is 14.6 Å². The van der Waals surface area contributed by atoms with Gasteiger partial charge in [0.2, 0.25) is 0 Å². The maximum Gasteiger partial charge on any atom is 0.257 e. The number of fused-ring (bicyclic) bond motifs is 4. The van der Waals surface area contributed by atoms with Crippen LogP contribution in [0.4, 0.5) is 0 Å². The number of benzene rings is 2. The minimum absolute atomic E-state index is 0.00597. The predicted molar refractivity (Wildman–Crippen MR) is 105 cm³/mol. The molecule has 4 heteroatoms. The fraction of sp³-hybridized carbons (Fsp3) is 0.435. The van der Waals surface area contributed by atoms with Gasteiger partial charge < -0.3 is 14.7 Å². The Morgan fingerprint density at radius 1 is 1.15 bits per heavy atom. The number of carbonyl (C=O) groups is 1. The number of piperidine rings is 1. The van der Waals surface area contributed by atoms with Gasteiger partial charge in [-0.15, -0.1) is 0 Å². The Labute approximate surface area is 160 Å². The van der Waals surface area contributed by atoms with Gasteiger partial charge in [0.25, 0.3) is 5.91 Å². The lowest BCUT2D eigenvalue weighted by Gasteiger charge is -2.60. The van der Waals surface area contributed by atoms with E-state index in [9.17, 15) is 9.90 Å². The molecule has 1 N–H and O–H groups in total. The Bertz CT molecular complexity index is 904. The molecule has 1 heterocycles. The molecule has 2 aromatic rings. The number of hydrogen-bond donors (Lipinski definition) is 1. The van der Waals surface area contributed by atoms with Crippen molar-refractivity contribution in [3.8, 4) is 11.5 Å². The molecule has 0 aromatic heterocycles. The van der Waals surface area contributed by atoms with Crippen LogP contribution >= 0.6 is 0 Å². The summed E-state index contributed by atoms with van der Waals surface area (Å²) < 4.78 is 5.42. The minimum Gasteiger partial charge on any atom is -0.508 e. The number of amides is 1. The highest BCUT2D eigenvalue weighted by Gasteiger charge is 2.57. The molecular formula is C23H27NO3. The first-order chi connectivity index (χ1) is 12.8. The first-order valence-corrected chi connectivity index (χ1v) is 9.56. The maximum atomic E-state index is 13.5. The van der Waals surface area contributed by atoms with E-state index in [0.717, 1.165) is 12.0 Å². The highest BCUT2D eigenvalue weighted by atomic mass is 16.5. The van der Waals surface area contributed by atoms with Crippen LogP contribution in [0.25, 0.3) is 0 Å². The molecule has 2 aromatic carbocycles. The highest BCUT2D eigenvalue weighted by Crippen LogP contribution is 2.57. The molecule has 2 aliphatic rings. The fourth-order valence-electron chi connectivity index (χ4n) is 5.15. The Balaban J connectivity index is 1.80. The average molecular weight is 365 g/mol. The molecule has 142 valence electrons. The van der Waals surface area contributed by atoms with Crippen molar-refractivity contribution in [1.29, 1.82) is 0 Å². The van der Waals surface area contributed by atoms with Crippen molar-refractivity contribution >= 4 is 5.91 Å². The molecule has 2 atom stereocenters.